The molecule has 5 rings (SSSR count). The van der Waals surface area contributed by atoms with Gasteiger partial charge < -0.3 is 64.9 Å². The van der Waals surface area contributed by atoms with Crippen LogP contribution < -0.4 is 49.9 Å². The summed E-state index contributed by atoms with van der Waals surface area (Å²) in [4.78, 5) is 138. The number of aromatic amines is 1. The number of carbonyl (C=O) groups excluding carboxylic acids is 9. The van der Waals surface area contributed by atoms with Crippen LogP contribution in [0.3, 0.4) is 0 Å². The first-order chi connectivity index (χ1) is 36.2. The van der Waals surface area contributed by atoms with Crippen molar-refractivity contribution in [3.05, 3.63) is 71.7 Å². The number of carbonyl (C=O) groups is 9. The summed E-state index contributed by atoms with van der Waals surface area (Å²) in [6, 6.07) is 5.89. The van der Waals surface area contributed by atoms with Crippen molar-refractivity contribution in [2.75, 3.05) is 19.6 Å². The summed E-state index contributed by atoms with van der Waals surface area (Å²) in [5.41, 5.74) is 29.8. The minimum atomic E-state index is -1.47. The highest BCUT2D eigenvalue weighted by atomic mass is 19.1. The van der Waals surface area contributed by atoms with E-state index in [9.17, 15) is 52.6 Å². The number of H-pyrrole nitrogens is 1. The van der Waals surface area contributed by atoms with Gasteiger partial charge in [-0.3, -0.25) is 53.1 Å². The van der Waals surface area contributed by atoms with Crippen LogP contribution in [0.2, 0.25) is 0 Å². The maximum absolute atomic E-state index is 14.8. The summed E-state index contributed by atoms with van der Waals surface area (Å²) in [6.45, 7) is 1.03. The molecule has 3 heterocycles. The largest absolute Gasteiger partial charge is 0.391 e. The number of nitrogens with two attached hydrogens (primary N) is 5. The standard InChI is InChI=1S/C52H72FN13O10/c1-29(67)62-40(13-7-21-60-52(57)58)48(74)64-41-19-18-35(68)9-2-4-12-39(46(54)72)63-47(73)32(23-33-27-61-38-11-5-3-10-37(33)38)25-44(70)31(8-6-20-59-51(55)56)24-45(71)42(22-30-14-16-34(53)17-15-30)65-49(75)43-26-36(69)28-66(43)50(41)76/h3,5,10-11,14-17,27,31-32,36,39-43,61,69H,2,4,6-9,12-13,18-26,28H2,1H3,(H2,54,72)(H,62,67)(H,63,73)(H,64,74)(H,65,75)(H4,55,56,59)(H4,57,58,60)/t31-,32-,36-,39+,40+,41+,42-,43+/m1/s1. The zero-order valence-electron chi connectivity index (χ0n) is 42.8. The molecule has 0 unspecified atom stereocenters. The number of aliphatic hydroxyl groups is 1. The number of aromatic nitrogens is 1. The van der Waals surface area contributed by atoms with Gasteiger partial charge in [0.25, 0.3) is 0 Å². The average Bonchev–Trinajstić information content (AvgIpc) is 3.97. The molecule has 24 heteroatoms. The molecule has 6 amide bonds. The van der Waals surface area contributed by atoms with Crippen LogP contribution in [0.1, 0.15) is 102 Å². The van der Waals surface area contributed by atoms with Crippen molar-refractivity contribution in [3.63, 3.8) is 0 Å². The van der Waals surface area contributed by atoms with Crippen LogP contribution in [0.5, 0.6) is 0 Å². The lowest BCUT2D eigenvalue weighted by atomic mass is 9.83. The number of nitrogens with one attached hydrogen (secondary N) is 5. The molecule has 76 heavy (non-hydrogen) atoms. The van der Waals surface area contributed by atoms with Crippen LogP contribution in [0.4, 0.5) is 4.39 Å². The summed E-state index contributed by atoms with van der Waals surface area (Å²) in [6.07, 6.45) is -0.294. The Bertz CT molecular complexity index is 2620. The summed E-state index contributed by atoms with van der Waals surface area (Å²) in [7, 11) is 0. The van der Waals surface area contributed by atoms with Crippen molar-refractivity contribution in [2.24, 2.45) is 50.5 Å². The Morgan fingerprint density at radius 1 is 0.816 bits per heavy atom. The second-order valence-corrected chi connectivity index (χ2v) is 19.6. The molecule has 0 spiro atoms. The number of aliphatic hydroxyl groups excluding tert-OH is 1. The van der Waals surface area contributed by atoms with Crippen LogP contribution in [-0.4, -0.2) is 136 Å². The Balaban J connectivity index is 1.54. The lowest BCUT2D eigenvalue weighted by molar-refractivity contribution is -0.143. The summed E-state index contributed by atoms with van der Waals surface area (Å²) < 4.78 is 14.2. The van der Waals surface area contributed by atoms with E-state index in [2.05, 4.69) is 36.2 Å². The molecule has 16 N–H and O–H groups in total. The first kappa shape index (κ1) is 59.1. The topological polar surface area (TPSA) is 396 Å². The van der Waals surface area contributed by atoms with Gasteiger partial charge in [0, 0.05) is 87.6 Å². The van der Waals surface area contributed by atoms with E-state index >= 15 is 0 Å². The van der Waals surface area contributed by atoms with Gasteiger partial charge in [-0.2, -0.15) is 0 Å². The lowest BCUT2D eigenvalue weighted by Gasteiger charge is -2.30. The van der Waals surface area contributed by atoms with E-state index in [-0.39, 0.29) is 121 Å². The summed E-state index contributed by atoms with van der Waals surface area (Å²) in [5, 5.41) is 22.5. The van der Waals surface area contributed by atoms with Crippen molar-refractivity contribution in [1.29, 1.82) is 0 Å². The molecule has 2 saturated heterocycles. The number of nitrogens with zero attached hydrogens (tertiary/aromatic N) is 3. The molecule has 0 saturated carbocycles. The fraction of sp³-hybridized carbons (Fsp3) is 0.519. The number of ketones is 3. The van der Waals surface area contributed by atoms with Crippen molar-refractivity contribution in [2.45, 2.75) is 140 Å². The lowest BCUT2D eigenvalue weighted by Crippen LogP contribution is -2.57. The molecule has 2 aliphatic heterocycles. The number of Topliss-reactive ketones (excluding diaryl/α,β-unsaturated/α-hetero) is 3. The Kier molecular flexibility index (Phi) is 22.4. The minimum Gasteiger partial charge on any atom is -0.391 e. The summed E-state index contributed by atoms with van der Waals surface area (Å²) >= 11 is 0. The molecule has 1 aromatic heterocycles. The third-order valence-corrected chi connectivity index (χ3v) is 13.6. The van der Waals surface area contributed by atoms with E-state index < -0.39 is 114 Å². The van der Waals surface area contributed by atoms with Gasteiger partial charge in [-0.05, 0) is 87.1 Å². The number of rotatable bonds is 16. The first-order valence-electron chi connectivity index (χ1n) is 25.6. The number of hydrogen-bond donors (Lipinski definition) is 11. The van der Waals surface area contributed by atoms with E-state index in [0.717, 1.165) is 15.8 Å². The van der Waals surface area contributed by atoms with Gasteiger partial charge in [-0.25, -0.2) is 4.39 Å². The Hall–Kier alpha value is -7.76. The van der Waals surface area contributed by atoms with Crippen LogP contribution in [0.15, 0.2) is 64.7 Å². The number of amides is 6. The Morgan fingerprint density at radius 2 is 1.50 bits per heavy atom. The van der Waals surface area contributed by atoms with Crippen molar-refractivity contribution < 1.29 is 52.6 Å². The fourth-order valence-electron chi connectivity index (χ4n) is 9.64. The predicted molar refractivity (Wildman–Crippen MR) is 280 cm³/mol. The van der Waals surface area contributed by atoms with E-state index in [1.807, 2.05) is 24.3 Å². The Morgan fingerprint density at radius 3 is 2.18 bits per heavy atom. The van der Waals surface area contributed by atoms with Crippen LogP contribution in [-0.2, 0) is 56.0 Å². The highest BCUT2D eigenvalue weighted by molar-refractivity contribution is 5.98. The van der Waals surface area contributed by atoms with Gasteiger partial charge in [0.05, 0.1) is 12.1 Å². The number of fused-ring (bicyclic) bond motifs is 2. The van der Waals surface area contributed by atoms with Crippen LogP contribution >= 0.6 is 0 Å². The molecular formula is C52H72FN13O10. The number of para-hydroxylation sites is 1. The van der Waals surface area contributed by atoms with Crippen molar-refractivity contribution in [1.82, 2.24) is 31.2 Å². The molecule has 0 aliphatic carbocycles. The van der Waals surface area contributed by atoms with Crippen LogP contribution in [0, 0.1) is 17.7 Å². The van der Waals surface area contributed by atoms with E-state index in [0.29, 0.717) is 11.1 Å². The van der Waals surface area contributed by atoms with Gasteiger partial charge in [0.15, 0.2) is 17.7 Å². The maximum Gasteiger partial charge on any atom is 0.245 e. The normalized spacial score (nSPS) is 23.1. The second-order valence-electron chi connectivity index (χ2n) is 19.6. The molecule has 2 aliphatic rings. The van der Waals surface area contributed by atoms with Gasteiger partial charge in [-0.15, -0.1) is 0 Å². The van der Waals surface area contributed by atoms with Crippen LogP contribution in [0.25, 0.3) is 10.9 Å². The Labute approximate surface area is 439 Å². The molecule has 23 nitrogen and oxygen atoms in total. The summed E-state index contributed by atoms with van der Waals surface area (Å²) in [5.74, 6) is -9.10. The monoisotopic (exact) mass is 1060 g/mol. The number of primary amides is 1. The van der Waals surface area contributed by atoms with E-state index in [1.54, 1.807) is 6.20 Å². The molecule has 0 radical (unpaired) electrons. The molecule has 3 aromatic rings. The fourth-order valence-corrected chi connectivity index (χ4v) is 9.64. The molecule has 412 valence electrons. The molecule has 0 bridgehead atoms. The third-order valence-electron chi connectivity index (χ3n) is 13.6. The second kappa shape index (κ2) is 28.8. The molecule has 2 aromatic carbocycles. The van der Waals surface area contributed by atoms with E-state index in [4.69, 9.17) is 28.7 Å². The SMILES string of the molecule is CC(=O)N[C@@H](CCCN=C(N)N)C(=O)N[C@H]1CCC(=O)CCCC[C@@H](C(N)=O)NC(=O)[C@H](Cc2c[nH]c3ccccc23)CC(=O)[C@H](CCCN=C(N)N)CC(=O)[C@@H](Cc2ccc(F)cc2)NC(=O)[C@@H]2C[C@@H](O)CN2C1=O. The minimum absolute atomic E-state index is 0.0318. The van der Waals surface area contributed by atoms with Gasteiger partial charge in [0.2, 0.25) is 35.4 Å². The highest BCUT2D eigenvalue weighted by Gasteiger charge is 2.43. The van der Waals surface area contributed by atoms with Gasteiger partial charge in [0.1, 0.15) is 41.6 Å². The van der Waals surface area contributed by atoms with E-state index in [1.165, 1.54) is 31.2 Å². The average molecular weight is 1060 g/mol. The van der Waals surface area contributed by atoms with Gasteiger partial charge >= 0.3 is 0 Å². The molecule has 8 atom stereocenters. The third kappa shape index (κ3) is 18.3. The highest BCUT2D eigenvalue weighted by Crippen LogP contribution is 2.27. The first-order valence-corrected chi connectivity index (χ1v) is 25.6. The number of aliphatic imine (C=N–C) groups is 2. The molecular weight excluding hydrogens is 986 g/mol. The van der Waals surface area contributed by atoms with Crippen molar-refractivity contribution in [3.8, 4) is 0 Å². The number of guanidine groups is 2. The van der Waals surface area contributed by atoms with Gasteiger partial charge in [-0.1, -0.05) is 36.8 Å². The number of benzene rings is 2. The van der Waals surface area contributed by atoms with Crippen molar-refractivity contribution >= 4 is 75.6 Å². The number of halogens is 1. The number of hydrogen-bond acceptors (Lipinski definition) is 12. The zero-order chi connectivity index (χ0) is 55.5. The predicted octanol–water partition coefficient (Wildman–Crippen LogP) is -0.320. The molecule has 2 fully saturated rings. The smallest absolute Gasteiger partial charge is 0.245 e. The quantitative estimate of drug-likeness (QED) is 0.0498. The zero-order valence-corrected chi connectivity index (χ0v) is 42.8. The maximum atomic E-state index is 14.8.